The van der Waals surface area contributed by atoms with Crippen molar-refractivity contribution in [3.63, 3.8) is 0 Å². The highest BCUT2D eigenvalue weighted by atomic mass is 35.5. The molecule has 0 fully saturated rings. The maximum Gasteiger partial charge on any atom is 0.320 e. The van der Waals surface area contributed by atoms with E-state index < -0.39 is 0 Å². The number of carbonyl (C=O) groups is 1. The Hall–Kier alpha value is -2.60. The highest BCUT2D eigenvalue weighted by Crippen LogP contribution is 2.17. The van der Waals surface area contributed by atoms with Crippen LogP contribution in [0.15, 0.2) is 47.1 Å². The van der Waals surface area contributed by atoms with Gasteiger partial charge in [0, 0.05) is 11.6 Å². The third kappa shape index (κ3) is 3.11. The van der Waals surface area contributed by atoms with E-state index in [1.165, 1.54) is 6.20 Å². The first kappa shape index (κ1) is 13.4. The van der Waals surface area contributed by atoms with E-state index in [9.17, 15) is 4.79 Å². The van der Waals surface area contributed by atoms with Crippen molar-refractivity contribution in [3.05, 3.63) is 53.3 Å². The third-order valence-electron chi connectivity index (χ3n) is 2.84. The molecule has 0 aliphatic rings. The largest absolute Gasteiger partial charge is 0.356 e. The van der Waals surface area contributed by atoms with E-state index in [4.69, 9.17) is 16.1 Å². The van der Waals surface area contributed by atoms with E-state index in [1.807, 2.05) is 24.3 Å². The Morgan fingerprint density at radius 1 is 1.24 bits per heavy atom. The lowest BCUT2D eigenvalue weighted by molar-refractivity contribution is 0.251. The van der Waals surface area contributed by atoms with Gasteiger partial charge in [-0.15, -0.1) is 0 Å². The van der Waals surface area contributed by atoms with Gasteiger partial charge in [0.05, 0.1) is 11.6 Å². The summed E-state index contributed by atoms with van der Waals surface area (Å²) < 4.78 is 5.16. The predicted octanol–water partition coefficient (Wildman–Crippen LogP) is 3.20. The number of urea groups is 1. The number of carbonyl (C=O) groups excluding carboxylic acids is 1. The fraction of sp³-hybridized carbons (Fsp3) is 0.0714. The molecule has 0 aliphatic heterocycles. The first-order chi connectivity index (χ1) is 10.2. The summed E-state index contributed by atoms with van der Waals surface area (Å²) in [5.41, 5.74) is 1.36. The standard InChI is InChI=1S/C14H11ClN4O2/c15-9-5-6-13(16-7-9)18-14(20)17-8-11-10-3-1-2-4-12(10)21-19-11/h1-7H,8H2,(H2,16,17,18,20). The van der Waals surface area contributed by atoms with Crippen molar-refractivity contribution in [3.8, 4) is 0 Å². The lowest BCUT2D eigenvalue weighted by Crippen LogP contribution is -2.28. The molecule has 0 aliphatic carbocycles. The van der Waals surface area contributed by atoms with Gasteiger partial charge in [-0.05, 0) is 24.3 Å². The minimum Gasteiger partial charge on any atom is -0.356 e. The van der Waals surface area contributed by atoms with E-state index in [-0.39, 0.29) is 12.6 Å². The number of nitrogens with one attached hydrogen (secondary N) is 2. The summed E-state index contributed by atoms with van der Waals surface area (Å²) in [4.78, 5) is 15.8. The lowest BCUT2D eigenvalue weighted by atomic mass is 10.2. The van der Waals surface area contributed by atoms with Gasteiger partial charge in [-0.1, -0.05) is 28.9 Å². The smallest absolute Gasteiger partial charge is 0.320 e. The number of para-hydroxylation sites is 1. The van der Waals surface area contributed by atoms with Crippen LogP contribution in [0, 0.1) is 0 Å². The highest BCUT2D eigenvalue weighted by molar-refractivity contribution is 6.30. The second kappa shape index (κ2) is 5.80. The molecular formula is C14H11ClN4O2. The number of hydrogen-bond donors (Lipinski definition) is 2. The molecule has 1 aromatic carbocycles. The number of aromatic nitrogens is 2. The van der Waals surface area contributed by atoms with Crippen LogP contribution in [-0.2, 0) is 6.54 Å². The van der Waals surface area contributed by atoms with E-state index in [0.29, 0.717) is 22.1 Å². The van der Waals surface area contributed by atoms with Gasteiger partial charge in [-0.3, -0.25) is 5.32 Å². The summed E-state index contributed by atoms with van der Waals surface area (Å²) in [5, 5.41) is 10.6. The summed E-state index contributed by atoms with van der Waals surface area (Å²) in [5.74, 6) is 0.418. The zero-order valence-corrected chi connectivity index (χ0v) is 11.6. The molecule has 0 saturated heterocycles. The van der Waals surface area contributed by atoms with E-state index >= 15 is 0 Å². The van der Waals surface area contributed by atoms with Gasteiger partial charge in [0.2, 0.25) is 0 Å². The Morgan fingerprint density at radius 2 is 2.10 bits per heavy atom. The van der Waals surface area contributed by atoms with E-state index in [1.54, 1.807) is 12.1 Å². The number of pyridine rings is 1. The first-order valence-corrected chi connectivity index (χ1v) is 6.60. The van der Waals surface area contributed by atoms with Gasteiger partial charge in [-0.25, -0.2) is 9.78 Å². The van der Waals surface area contributed by atoms with Crippen molar-refractivity contribution >= 4 is 34.4 Å². The van der Waals surface area contributed by atoms with Crippen molar-refractivity contribution in [2.24, 2.45) is 0 Å². The molecule has 3 aromatic rings. The molecule has 21 heavy (non-hydrogen) atoms. The Bertz CT molecular complexity index is 770. The molecule has 0 atom stereocenters. The molecule has 2 heterocycles. The van der Waals surface area contributed by atoms with Gasteiger partial charge < -0.3 is 9.84 Å². The quantitative estimate of drug-likeness (QED) is 0.778. The van der Waals surface area contributed by atoms with Crippen LogP contribution in [0.5, 0.6) is 0 Å². The molecule has 2 amide bonds. The molecule has 0 radical (unpaired) electrons. The van der Waals surface area contributed by atoms with Gasteiger partial charge in [0.15, 0.2) is 5.58 Å². The highest BCUT2D eigenvalue weighted by Gasteiger charge is 2.09. The molecule has 0 saturated carbocycles. The van der Waals surface area contributed by atoms with Crippen LogP contribution in [0.25, 0.3) is 11.0 Å². The first-order valence-electron chi connectivity index (χ1n) is 6.22. The van der Waals surface area contributed by atoms with Gasteiger partial charge in [0.25, 0.3) is 0 Å². The van der Waals surface area contributed by atoms with Gasteiger partial charge >= 0.3 is 6.03 Å². The van der Waals surface area contributed by atoms with Crippen LogP contribution in [0.4, 0.5) is 10.6 Å². The Morgan fingerprint density at radius 3 is 2.90 bits per heavy atom. The molecule has 6 nitrogen and oxygen atoms in total. The number of hydrogen-bond acceptors (Lipinski definition) is 4. The topological polar surface area (TPSA) is 80.0 Å². The fourth-order valence-electron chi connectivity index (χ4n) is 1.84. The number of nitrogens with zero attached hydrogens (tertiary/aromatic N) is 2. The summed E-state index contributed by atoms with van der Waals surface area (Å²) in [7, 11) is 0. The molecule has 106 valence electrons. The zero-order chi connectivity index (χ0) is 14.7. The summed E-state index contributed by atoms with van der Waals surface area (Å²) in [6.07, 6.45) is 1.46. The van der Waals surface area contributed by atoms with Crippen LogP contribution in [0.2, 0.25) is 5.02 Å². The zero-order valence-electron chi connectivity index (χ0n) is 10.8. The monoisotopic (exact) mass is 302 g/mol. The molecule has 2 N–H and O–H groups in total. The Labute approximate surface area is 125 Å². The lowest BCUT2D eigenvalue weighted by Gasteiger charge is -2.05. The van der Waals surface area contributed by atoms with Crippen LogP contribution in [-0.4, -0.2) is 16.2 Å². The van der Waals surface area contributed by atoms with Crippen molar-refractivity contribution in [2.75, 3.05) is 5.32 Å². The molecule has 0 spiro atoms. The van der Waals surface area contributed by atoms with Gasteiger partial charge in [0.1, 0.15) is 11.5 Å². The van der Waals surface area contributed by atoms with Crippen LogP contribution in [0.1, 0.15) is 5.69 Å². The van der Waals surface area contributed by atoms with Crippen molar-refractivity contribution < 1.29 is 9.32 Å². The van der Waals surface area contributed by atoms with Crippen LogP contribution >= 0.6 is 11.6 Å². The van der Waals surface area contributed by atoms with Gasteiger partial charge in [-0.2, -0.15) is 0 Å². The number of fused-ring (bicyclic) bond motifs is 1. The number of halogens is 1. The van der Waals surface area contributed by atoms with Crippen LogP contribution < -0.4 is 10.6 Å². The second-order valence-corrected chi connectivity index (χ2v) is 4.73. The summed E-state index contributed by atoms with van der Waals surface area (Å²) in [6.45, 7) is 0.260. The van der Waals surface area contributed by atoms with E-state index in [2.05, 4.69) is 20.8 Å². The van der Waals surface area contributed by atoms with Crippen LogP contribution in [0.3, 0.4) is 0 Å². The minimum atomic E-state index is -0.378. The minimum absolute atomic E-state index is 0.260. The number of rotatable bonds is 3. The molecule has 0 unspecified atom stereocenters. The number of anilines is 1. The molecular weight excluding hydrogens is 292 g/mol. The van der Waals surface area contributed by atoms with Crippen molar-refractivity contribution in [1.29, 1.82) is 0 Å². The average Bonchev–Trinajstić information content (AvgIpc) is 2.91. The fourth-order valence-corrected chi connectivity index (χ4v) is 1.95. The maximum absolute atomic E-state index is 11.8. The predicted molar refractivity (Wildman–Crippen MR) is 79.1 cm³/mol. The van der Waals surface area contributed by atoms with Crippen molar-refractivity contribution in [1.82, 2.24) is 15.5 Å². The average molecular weight is 303 g/mol. The molecule has 0 bridgehead atoms. The Balaban J connectivity index is 1.62. The summed E-state index contributed by atoms with van der Waals surface area (Å²) in [6, 6.07) is 10.4. The number of amides is 2. The third-order valence-corrected chi connectivity index (χ3v) is 3.06. The molecule has 2 aromatic heterocycles. The maximum atomic E-state index is 11.8. The molecule has 7 heteroatoms. The molecule has 3 rings (SSSR count). The Kier molecular flexibility index (Phi) is 3.70. The van der Waals surface area contributed by atoms with Crippen molar-refractivity contribution in [2.45, 2.75) is 6.54 Å². The van der Waals surface area contributed by atoms with E-state index in [0.717, 1.165) is 5.39 Å². The summed E-state index contributed by atoms with van der Waals surface area (Å²) >= 11 is 5.72. The number of benzene rings is 1. The second-order valence-electron chi connectivity index (χ2n) is 4.29. The normalized spacial score (nSPS) is 10.5. The SMILES string of the molecule is O=C(NCc1noc2ccccc12)Nc1ccc(Cl)cn1.